The van der Waals surface area contributed by atoms with Crippen LogP contribution in [0.15, 0.2) is 0 Å². The van der Waals surface area contributed by atoms with Gasteiger partial charge in [0.05, 0.1) is 0 Å². The van der Waals surface area contributed by atoms with Gasteiger partial charge in [-0.3, -0.25) is 0 Å². The van der Waals surface area contributed by atoms with Gasteiger partial charge in [0.1, 0.15) is 0 Å². The SMILES string of the molecule is CC(=O)[O-].CC(=O)[O-].CC(=O)[O-].CC(=O)[O-].[Ag+].[Ir+3]. The molecule has 0 heterocycles. The van der Waals surface area contributed by atoms with Gasteiger partial charge < -0.3 is 39.6 Å². The minimum Gasteiger partial charge on any atom is -0.550 e. The van der Waals surface area contributed by atoms with Gasteiger partial charge in [-0.25, -0.2) is 0 Å². The Labute approximate surface area is 133 Å². The van der Waals surface area contributed by atoms with Crippen molar-refractivity contribution in [2.45, 2.75) is 27.7 Å². The predicted octanol–water partition coefficient (Wildman–Crippen LogP) is -4.98. The van der Waals surface area contributed by atoms with Crippen LogP contribution in [-0.2, 0) is 61.7 Å². The molecular weight excluding hydrogens is 524 g/mol. The second-order valence-corrected chi connectivity index (χ2v) is 1.97. The van der Waals surface area contributed by atoms with Crippen molar-refractivity contribution in [3.63, 3.8) is 0 Å². The number of hydrogen-bond acceptors (Lipinski definition) is 8. The van der Waals surface area contributed by atoms with Gasteiger partial charge in [-0.05, 0) is 27.7 Å². The minimum atomic E-state index is -1.08. The third-order valence-corrected chi connectivity index (χ3v) is 0. The van der Waals surface area contributed by atoms with Gasteiger partial charge in [-0.1, -0.05) is 0 Å². The van der Waals surface area contributed by atoms with E-state index >= 15 is 0 Å². The summed E-state index contributed by atoms with van der Waals surface area (Å²) in [4.78, 5) is 35.6. The molecule has 112 valence electrons. The second-order valence-electron chi connectivity index (χ2n) is 1.97. The van der Waals surface area contributed by atoms with Crippen molar-refractivity contribution in [3.8, 4) is 0 Å². The molecule has 0 N–H and O–H groups in total. The summed E-state index contributed by atoms with van der Waals surface area (Å²) in [5.41, 5.74) is 0. The predicted molar refractivity (Wildman–Crippen MR) is 42.7 cm³/mol. The molecule has 0 atom stereocenters. The standard InChI is InChI=1S/4C2H4O2.Ag.Ir/c4*1-2(3)4;;/h4*1H3,(H,3,4);;/q;;;;+1;+3/p-4. The monoisotopic (exact) mass is 536 g/mol. The van der Waals surface area contributed by atoms with Gasteiger partial charge in [0.2, 0.25) is 0 Å². The van der Waals surface area contributed by atoms with E-state index in [4.69, 9.17) is 39.6 Å². The Balaban J connectivity index is -0.0000000257. The van der Waals surface area contributed by atoms with Crippen LogP contribution in [0.2, 0.25) is 0 Å². The van der Waals surface area contributed by atoms with E-state index in [9.17, 15) is 0 Å². The molecule has 0 aliphatic carbocycles. The summed E-state index contributed by atoms with van der Waals surface area (Å²) in [6.45, 7) is 3.89. The average Bonchev–Trinajstić information content (AvgIpc) is 1.76. The van der Waals surface area contributed by atoms with E-state index in [0.29, 0.717) is 0 Å². The quantitative estimate of drug-likeness (QED) is 0.278. The summed E-state index contributed by atoms with van der Waals surface area (Å²) in [7, 11) is 0. The van der Waals surface area contributed by atoms with Crippen molar-refractivity contribution in [1.29, 1.82) is 0 Å². The molecule has 0 fully saturated rings. The first-order chi connectivity index (χ1) is 6.93. The van der Waals surface area contributed by atoms with Crippen LogP contribution >= 0.6 is 0 Å². The molecule has 0 aromatic carbocycles. The number of carbonyl (C=O) groups excluding carboxylic acids is 4. The van der Waals surface area contributed by atoms with Gasteiger partial charge in [-0.15, -0.1) is 0 Å². The van der Waals surface area contributed by atoms with Gasteiger partial charge in [0, 0.05) is 23.9 Å². The smallest absolute Gasteiger partial charge is 0.550 e. The molecule has 18 heavy (non-hydrogen) atoms. The Hall–Kier alpha value is -0.730. The molecule has 0 aliphatic heterocycles. The van der Waals surface area contributed by atoms with E-state index in [2.05, 4.69) is 0 Å². The second kappa shape index (κ2) is 29.9. The van der Waals surface area contributed by atoms with Crippen molar-refractivity contribution in [3.05, 3.63) is 0 Å². The third-order valence-electron chi connectivity index (χ3n) is 0. The Morgan fingerprint density at radius 3 is 0.556 bits per heavy atom. The zero-order chi connectivity index (χ0) is 14.3. The molecule has 0 radical (unpaired) electrons. The molecule has 0 aromatic rings. The summed E-state index contributed by atoms with van der Waals surface area (Å²) >= 11 is 0. The molecule has 0 aromatic heterocycles. The number of carboxylic acids is 4. The van der Waals surface area contributed by atoms with E-state index in [0.717, 1.165) is 27.7 Å². The van der Waals surface area contributed by atoms with Crippen LogP contribution in [-0.4, -0.2) is 23.9 Å². The maximum absolute atomic E-state index is 8.89. The van der Waals surface area contributed by atoms with E-state index in [1.54, 1.807) is 0 Å². The number of hydrogen-bond donors (Lipinski definition) is 0. The van der Waals surface area contributed by atoms with Crippen LogP contribution in [0.1, 0.15) is 27.7 Å². The fraction of sp³-hybridized carbons (Fsp3) is 0.500. The molecule has 0 bridgehead atoms. The molecule has 0 aliphatic rings. The minimum absolute atomic E-state index is 0. The van der Waals surface area contributed by atoms with Crippen LogP contribution in [0.5, 0.6) is 0 Å². The summed E-state index contributed by atoms with van der Waals surface area (Å²) < 4.78 is 0. The van der Waals surface area contributed by atoms with Crippen LogP contribution < -0.4 is 20.4 Å². The normalized spacial score (nSPS) is 5.56. The van der Waals surface area contributed by atoms with Gasteiger partial charge >= 0.3 is 42.5 Å². The van der Waals surface area contributed by atoms with Crippen LogP contribution in [0.4, 0.5) is 0 Å². The molecule has 0 rings (SSSR count). The Morgan fingerprint density at radius 2 is 0.556 bits per heavy atom. The first-order valence-electron chi connectivity index (χ1n) is 3.63. The van der Waals surface area contributed by atoms with Crippen molar-refractivity contribution < 1.29 is 82.1 Å². The fourth-order valence-corrected chi connectivity index (χ4v) is 0. The molecule has 0 saturated carbocycles. The van der Waals surface area contributed by atoms with Crippen molar-refractivity contribution >= 4 is 23.9 Å². The molecule has 0 amide bonds. The van der Waals surface area contributed by atoms with Crippen molar-refractivity contribution in [2.24, 2.45) is 0 Å². The fourth-order valence-electron chi connectivity index (χ4n) is 0. The first-order valence-corrected chi connectivity index (χ1v) is 3.63. The molecule has 8 nitrogen and oxygen atoms in total. The van der Waals surface area contributed by atoms with E-state index in [-0.39, 0.29) is 42.5 Å². The zero-order valence-corrected chi connectivity index (χ0v) is 13.8. The summed E-state index contributed by atoms with van der Waals surface area (Å²) in [5.74, 6) is -4.33. The molecule has 0 unspecified atom stereocenters. The van der Waals surface area contributed by atoms with Crippen LogP contribution in [0.25, 0.3) is 0 Å². The average molecular weight is 536 g/mol. The number of carbonyl (C=O) groups is 4. The molecule has 0 spiro atoms. The van der Waals surface area contributed by atoms with Gasteiger partial charge in [0.25, 0.3) is 0 Å². The zero-order valence-electron chi connectivity index (χ0n) is 9.90. The third kappa shape index (κ3) is 5830. The number of rotatable bonds is 0. The largest absolute Gasteiger partial charge is 3.00 e. The van der Waals surface area contributed by atoms with Gasteiger partial charge in [0.15, 0.2) is 0 Å². The topological polar surface area (TPSA) is 161 Å². The molecule has 0 saturated heterocycles. The number of carboxylic acid groups (broad SMARTS) is 4. The molecular formula is C8H12AgIrO8. The summed E-state index contributed by atoms with van der Waals surface area (Å²) in [5, 5.41) is 35.6. The van der Waals surface area contributed by atoms with E-state index in [1.165, 1.54) is 0 Å². The summed E-state index contributed by atoms with van der Waals surface area (Å²) in [6, 6.07) is 0. The maximum atomic E-state index is 8.89. The summed E-state index contributed by atoms with van der Waals surface area (Å²) in [6.07, 6.45) is 0. The van der Waals surface area contributed by atoms with Crippen LogP contribution in [0, 0.1) is 0 Å². The first kappa shape index (κ1) is 36.0. The maximum Gasteiger partial charge on any atom is 3.00 e. The number of aliphatic carboxylic acids is 4. The Morgan fingerprint density at radius 1 is 0.556 bits per heavy atom. The molecule has 10 heteroatoms. The van der Waals surface area contributed by atoms with Crippen molar-refractivity contribution in [2.75, 3.05) is 0 Å². The van der Waals surface area contributed by atoms with Gasteiger partial charge in [-0.2, -0.15) is 0 Å². The van der Waals surface area contributed by atoms with Crippen LogP contribution in [0.3, 0.4) is 0 Å². The van der Waals surface area contributed by atoms with Crippen molar-refractivity contribution in [1.82, 2.24) is 0 Å². The Bertz CT molecular complexity index is 167. The van der Waals surface area contributed by atoms with E-state index in [1.807, 2.05) is 0 Å². The van der Waals surface area contributed by atoms with E-state index < -0.39 is 23.9 Å². The Kier molecular flexibility index (Phi) is 59.7.